The maximum Gasteiger partial charge on any atom is 0.185 e. The van der Waals surface area contributed by atoms with Crippen molar-refractivity contribution in [2.75, 3.05) is 0 Å². The summed E-state index contributed by atoms with van der Waals surface area (Å²) in [6, 6.07) is 9.24. The van der Waals surface area contributed by atoms with E-state index in [0.717, 1.165) is 5.56 Å². The van der Waals surface area contributed by atoms with Crippen molar-refractivity contribution < 1.29 is 9.18 Å². The number of aromatic nitrogens is 1. The standard InChI is InChI=1S/C14H10FNO/c15-13-5-1-4-12(9-13)14(17)7-6-11-3-2-8-16-10-11/h1-10H/b7-6+. The lowest BCUT2D eigenvalue weighted by Gasteiger charge is -1.95. The SMILES string of the molecule is O=C(/C=C/c1cccnc1)c1cccc(F)c1. The van der Waals surface area contributed by atoms with Gasteiger partial charge in [0.25, 0.3) is 0 Å². The van der Waals surface area contributed by atoms with Crippen molar-refractivity contribution in [3.8, 4) is 0 Å². The minimum Gasteiger partial charge on any atom is -0.289 e. The van der Waals surface area contributed by atoms with Crippen molar-refractivity contribution in [3.63, 3.8) is 0 Å². The number of halogens is 1. The highest BCUT2D eigenvalue weighted by atomic mass is 19.1. The second-order valence-corrected chi connectivity index (χ2v) is 3.49. The Balaban J connectivity index is 2.15. The maximum atomic E-state index is 12.9. The number of pyridine rings is 1. The summed E-state index contributed by atoms with van der Waals surface area (Å²) in [7, 11) is 0. The van der Waals surface area contributed by atoms with Crippen LogP contribution in [0.3, 0.4) is 0 Å². The summed E-state index contributed by atoms with van der Waals surface area (Å²) in [6.45, 7) is 0. The average Bonchev–Trinajstić information content (AvgIpc) is 2.37. The molecule has 0 aliphatic carbocycles. The highest BCUT2D eigenvalue weighted by molar-refractivity contribution is 6.06. The molecular formula is C14H10FNO. The quantitative estimate of drug-likeness (QED) is 0.595. The van der Waals surface area contributed by atoms with Crippen molar-refractivity contribution in [1.29, 1.82) is 0 Å². The van der Waals surface area contributed by atoms with E-state index in [2.05, 4.69) is 4.98 Å². The van der Waals surface area contributed by atoms with E-state index in [-0.39, 0.29) is 5.78 Å². The van der Waals surface area contributed by atoms with E-state index in [1.54, 1.807) is 30.6 Å². The fourth-order valence-electron chi connectivity index (χ4n) is 1.38. The first-order valence-corrected chi connectivity index (χ1v) is 5.14. The number of nitrogens with zero attached hydrogens (tertiary/aromatic N) is 1. The highest BCUT2D eigenvalue weighted by Gasteiger charge is 2.02. The van der Waals surface area contributed by atoms with Gasteiger partial charge < -0.3 is 0 Å². The average molecular weight is 227 g/mol. The first kappa shape index (κ1) is 11.2. The predicted molar refractivity (Wildman–Crippen MR) is 64.0 cm³/mol. The number of carbonyl (C=O) groups is 1. The maximum absolute atomic E-state index is 12.9. The van der Waals surface area contributed by atoms with E-state index >= 15 is 0 Å². The summed E-state index contributed by atoms with van der Waals surface area (Å²) >= 11 is 0. The van der Waals surface area contributed by atoms with Gasteiger partial charge in [-0.1, -0.05) is 18.2 Å². The lowest BCUT2D eigenvalue weighted by atomic mass is 10.1. The molecule has 0 bridgehead atoms. The Morgan fingerprint density at radius 2 is 2.12 bits per heavy atom. The molecule has 0 aliphatic heterocycles. The molecule has 0 atom stereocenters. The molecule has 2 nitrogen and oxygen atoms in total. The largest absolute Gasteiger partial charge is 0.289 e. The van der Waals surface area contributed by atoms with Gasteiger partial charge >= 0.3 is 0 Å². The molecule has 2 aromatic rings. The van der Waals surface area contributed by atoms with E-state index in [0.29, 0.717) is 5.56 Å². The summed E-state index contributed by atoms with van der Waals surface area (Å²) in [5.74, 6) is -0.640. The van der Waals surface area contributed by atoms with Crippen LogP contribution < -0.4 is 0 Å². The van der Waals surface area contributed by atoms with Gasteiger partial charge in [0.05, 0.1) is 0 Å². The number of allylic oxidation sites excluding steroid dienone is 1. The van der Waals surface area contributed by atoms with Crippen LogP contribution in [0.5, 0.6) is 0 Å². The molecule has 2 rings (SSSR count). The van der Waals surface area contributed by atoms with E-state index in [4.69, 9.17) is 0 Å². The van der Waals surface area contributed by atoms with E-state index in [1.807, 2.05) is 6.07 Å². The fraction of sp³-hybridized carbons (Fsp3) is 0. The van der Waals surface area contributed by atoms with Crippen molar-refractivity contribution in [1.82, 2.24) is 4.98 Å². The zero-order chi connectivity index (χ0) is 12.1. The Labute approximate surface area is 98.4 Å². The molecular weight excluding hydrogens is 217 g/mol. The first-order chi connectivity index (χ1) is 8.25. The molecule has 17 heavy (non-hydrogen) atoms. The molecule has 0 saturated carbocycles. The van der Waals surface area contributed by atoms with Crippen molar-refractivity contribution in [2.45, 2.75) is 0 Å². The predicted octanol–water partition coefficient (Wildman–Crippen LogP) is 3.12. The lowest BCUT2D eigenvalue weighted by molar-refractivity contribution is 0.104. The monoisotopic (exact) mass is 227 g/mol. The molecule has 3 heteroatoms. The number of hydrogen-bond donors (Lipinski definition) is 0. The summed E-state index contributed by atoms with van der Waals surface area (Å²) in [5, 5.41) is 0. The van der Waals surface area contributed by atoms with Gasteiger partial charge in [-0.05, 0) is 35.9 Å². The van der Waals surface area contributed by atoms with Crippen molar-refractivity contribution in [2.24, 2.45) is 0 Å². The topological polar surface area (TPSA) is 30.0 Å². The van der Waals surface area contributed by atoms with Crippen molar-refractivity contribution >= 4 is 11.9 Å². The minimum atomic E-state index is -0.411. The minimum absolute atomic E-state index is 0.228. The Hall–Kier alpha value is -2.29. The molecule has 1 aromatic heterocycles. The van der Waals surface area contributed by atoms with Crippen LogP contribution in [0.1, 0.15) is 15.9 Å². The van der Waals surface area contributed by atoms with Crippen LogP contribution >= 0.6 is 0 Å². The van der Waals surface area contributed by atoms with Crippen LogP contribution in [0, 0.1) is 5.82 Å². The number of hydrogen-bond acceptors (Lipinski definition) is 2. The van der Waals surface area contributed by atoms with E-state index < -0.39 is 5.82 Å². The molecule has 0 radical (unpaired) electrons. The Bertz CT molecular complexity index is 549. The van der Waals surface area contributed by atoms with Crippen LogP contribution in [-0.4, -0.2) is 10.8 Å². The number of ketones is 1. The van der Waals surface area contributed by atoms with Gasteiger partial charge in [-0.15, -0.1) is 0 Å². The molecule has 1 aromatic carbocycles. The van der Waals surface area contributed by atoms with Gasteiger partial charge in [0.1, 0.15) is 5.82 Å². The van der Waals surface area contributed by atoms with Crippen molar-refractivity contribution in [3.05, 3.63) is 71.8 Å². The molecule has 0 spiro atoms. The number of benzene rings is 1. The zero-order valence-corrected chi connectivity index (χ0v) is 9.01. The first-order valence-electron chi connectivity index (χ1n) is 5.14. The molecule has 0 fully saturated rings. The zero-order valence-electron chi connectivity index (χ0n) is 9.01. The molecule has 0 saturated heterocycles. The Morgan fingerprint density at radius 1 is 1.24 bits per heavy atom. The molecule has 0 unspecified atom stereocenters. The van der Waals surface area contributed by atoms with Crippen LogP contribution in [-0.2, 0) is 0 Å². The highest BCUT2D eigenvalue weighted by Crippen LogP contribution is 2.07. The van der Waals surface area contributed by atoms with Gasteiger partial charge in [-0.3, -0.25) is 9.78 Å². The molecule has 84 valence electrons. The molecule has 0 amide bonds. The second kappa shape index (κ2) is 5.16. The third-order valence-electron chi connectivity index (χ3n) is 2.22. The Morgan fingerprint density at radius 3 is 2.82 bits per heavy atom. The van der Waals surface area contributed by atoms with Crippen LogP contribution in [0.25, 0.3) is 6.08 Å². The summed E-state index contributed by atoms with van der Waals surface area (Å²) in [6.07, 6.45) is 6.37. The van der Waals surface area contributed by atoms with Crippen LogP contribution in [0.4, 0.5) is 4.39 Å². The second-order valence-electron chi connectivity index (χ2n) is 3.49. The van der Waals surface area contributed by atoms with Crippen LogP contribution in [0.15, 0.2) is 54.9 Å². The van der Waals surface area contributed by atoms with E-state index in [9.17, 15) is 9.18 Å². The third kappa shape index (κ3) is 3.08. The van der Waals surface area contributed by atoms with Gasteiger partial charge in [-0.2, -0.15) is 0 Å². The fourth-order valence-corrected chi connectivity index (χ4v) is 1.38. The summed E-state index contributed by atoms with van der Waals surface area (Å²) in [5.41, 5.74) is 1.17. The summed E-state index contributed by atoms with van der Waals surface area (Å²) in [4.78, 5) is 15.6. The number of carbonyl (C=O) groups excluding carboxylic acids is 1. The molecule has 1 heterocycles. The molecule has 0 N–H and O–H groups in total. The number of rotatable bonds is 3. The van der Waals surface area contributed by atoms with Gasteiger partial charge in [0.2, 0.25) is 0 Å². The van der Waals surface area contributed by atoms with Gasteiger partial charge in [0.15, 0.2) is 5.78 Å². The van der Waals surface area contributed by atoms with Gasteiger partial charge in [-0.25, -0.2) is 4.39 Å². The summed E-state index contributed by atoms with van der Waals surface area (Å²) < 4.78 is 12.9. The third-order valence-corrected chi connectivity index (χ3v) is 2.22. The van der Waals surface area contributed by atoms with Crippen LogP contribution in [0.2, 0.25) is 0 Å². The Kier molecular flexibility index (Phi) is 3.40. The molecule has 0 aliphatic rings. The normalized spacial score (nSPS) is 10.6. The lowest BCUT2D eigenvalue weighted by Crippen LogP contribution is -1.94. The smallest absolute Gasteiger partial charge is 0.185 e. The van der Waals surface area contributed by atoms with Gasteiger partial charge in [0, 0.05) is 18.0 Å². The van der Waals surface area contributed by atoms with E-state index in [1.165, 1.54) is 24.3 Å².